The van der Waals surface area contributed by atoms with Crippen molar-refractivity contribution in [1.29, 1.82) is 0 Å². The highest BCUT2D eigenvalue weighted by molar-refractivity contribution is 7.97. The summed E-state index contributed by atoms with van der Waals surface area (Å²) in [6, 6.07) is 11.7. The number of halogens is 1. The van der Waals surface area contributed by atoms with Gasteiger partial charge >= 0.3 is 0 Å². The lowest BCUT2D eigenvalue weighted by molar-refractivity contribution is 0.0938. The van der Waals surface area contributed by atoms with Gasteiger partial charge in [-0.1, -0.05) is 12.1 Å². The zero-order valence-electron chi connectivity index (χ0n) is 19.1. The molecule has 0 saturated heterocycles. The lowest BCUT2D eigenvalue weighted by Crippen LogP contribution is -2.30. The molecule has 170 valence electrons. The van der Waals surface area contributed by atoms with E-state index in [9.17, 15) is 9.18 Å². The lowest BCUT2D eigenvalue weighted by Gasteiger charge is -2.11. The number of hydrogen-bond acceptors (Lipinski definition) is 5. The summed E-state index contributed by atoms with van der Waals surface area (Å²) in [5, 5.41) is 2.88. The smallest absolute Gasteiger partial charge is 0.270 e. The van der Waals surface area contributed by atoms with Crippen LogP contribution in [0.5, 0.6) is 0 Å². The SMILES string of the molecule is Cc1c(-c2cccc(SN(C)C)c2)c2nc(C(=O)NC(C)C)ccc2n1C/C(F)=C/CN. The highest BCUT2D eigenvalue weighted by atomic mass is 32.2. The van der Waals surface area contributed by atoms with Crippen molar-refractivity contribution in [1.82, 2.24) is 19.2 Å². The van der Waals surface area contributed by atoms with Crippen LogP contribution >= 0.6 is 11.9 Å². The minimum absolute atomic E-state index is 0.000960. The summed E-state index contributed by atoms with van der Waals surface area (Å²) in [6.07, 6.45) is 1.37. The van der Waals surface area contributed by atoms with Crippen molar-refractivity contribution < 1.29 is 9.18 Å². The van der Waals surface area contributed by atoms with Gasteiger partial charge in [0.2, 0.25) is 0 Å². The molecule has 1 aromatic carbocycles. The number of carbonyl (C=O) groups is 1. The van der Waals surface area contributed by atoms with E-state index >= 15 is 0 Å². The van der Waals surface area contributed by atoms with E-state index in [2.05, 4.69) is 11.4 Å². The molecular formula is C24H30FN5OS. The fourth-order valence-electron chi connectivity index (χ4n) is 3.62. The Morgan fingerprint density at radius 1 is 1.31 bits per heavy atom. The second-order valence-corrected chi connectivity index (χ2v) is 9.44. The number of pyridine rings is 1. The number of nitrogens with zero attached hydrogens (tertiary/aromatic N) is 3. The van der Waals surface area contributed by atoms with Gasteiger partial charge in [0.25, 0.3) is 5.91 Å². The van der Waals surface area contributed by atoms with Crippen molar-refractivity contribution >= 4 is 28.9 Å². The number of hydrogen-bond donors (Lipinski definition) is 2. The first kappa shape index (κ1) is 24.0. The Bertz CT molecular complexity index is 1150. The largest absolute Gasteiger partial charge is 0.349 e. The quantitative estimate of drug-likeness (QED) is 0.488. The summed E-state index contributed by atoms with van der Waals surface area (Å²) in [4.78, 5) is 18.4. The zero-order chi connectivity index (χ0) is 23.4. The molecule has 2 aromatic heterocycles. The third-order valence-electron chi connectivity index (χ3n) is 4.88. The highest BCUT2D eigenvalue weighted by Crippen LogP contribution is 2.36. The first-order chi connectivity index (χ1) is 15.2. The van der Waals surface area contributed by atoms with Crippen molar-refractivity contribution in [2.45, 2.75) is 38.3 Å². The fourth-order valence-corrected chi connectivity index (χ4v) is 4.36. The van der Waals surface area contributed by atoms with Crippen LogP contribution in [0, 0.1) is 6.92 Å². The van der Waals surface area contributed by atoms with Gasteiger partial charge in [-0.3, -0.25) is 9.10 Å². The summed E-state index contributed by atoms with van der Waals surface area (Å²) in [6.45, 7) is 5.96. The Morgan fingerprint density at radius 2 is 2.06 bits per heavy atom. The van der Waals surface area contributed by atoms with Crippen molar-refractivity contribution in [3.05, 3.63) is 59.7 Å². The normalized spacial score (nSPS) is 12.2. The predicted octanol–water partition coefficient (Wildman–Crippen LogP) is 4.53. The lowest BCUT2D eigenvalue weighted by atomic mass is 10.0. The van der Waals surface area contributed by atoms with Gasteiger partial charge in [-0.15, -0.1) is 0 Å². The molecule has 0 saturated carbocycles. The molecule has 0 fully saturated rings. The topological polar surface area (TPSA) is 76.2 Å². The standard InChI is InChI=1S/C24H30FN5OS/c1-15(2)27-24(31)20-9-10-21-23(28-20)22(16(3)30(21)14-18(25)11-12-26)17-7-6-8-19(13-17)32-29(4)5/h6-11,13,15H,12,14,26H2,1-5H3,(H,27,31)/b18-11-. The molecule has 0 aliphatic rings. The minimum atomic E-state index is -0.308. The van der Waals surface area contributed by atoms with Crippen molar-refractivity contribution in [2.75, 3.05) is 20.6 Å². The van der Waals surface area contributed by atoms with E-state index < -0.39 is 0 Å². The molecule has 32 heavy (non-hydrogen) atoms. The number of amides is 1. The molecule has 0 unspecified atom stereocenters. The molecule has 1 amide bonds. The number of benzene rings is 1. The van der Waals surface area contributed by atoms with Crippen molar-refractivity contribution in [2.24, 2.45) is 5.73 Å². The fraction of sp³-hybridized carbons (Fsp3) is 0.333. The zero-order valence-corrected chi connectivity index (χ0v) is 20.0. The van der Waals surface area contributed by atoms with Crippen LogP contribution in [0.15, 0.2) is 53.2 Å². The van der Waals surface area contributed by atoms with Gasteiger partial charge in [0, 0.05) is 28.7 Å². The Morgan fingerprint density at radius 3 is 2.72 bits per heavy atom. The van der Waals surface area contributed by atoms with Crippen LogP contribution < -0.4 is 11.1 Å². The van der Waals surface area contributed by atoms with Crippen LogP contribution in [-0.4, -0.2) is 46.4 Å². The molecule has 3 rings (SSSR count). The van der Waals surface area contributed by atoms with Gasteiger partial charge in [-0.2, -0.15) is 0 Å². The van der Waals surface area contributed by atoms with Crippen LogP contribution in [0.1, 0.15) is 30.0 Å². The van der Waals surface area contributed by atoms with E-state index in [1.54, 1.807) is 18.0 Å². The maximum absolute atomic E-state index is 14.4. The molecule has 0 aliphatic carbocycles. The van der Waals surface area contributed by atoms with Crippen LogP contribution in [-0.2, 0) is 6.54 Å². The van der Waals surface area contributed by atoms with Crippen LogP contribution in [0.4, 0.5) is 4.39 Å². The van der Waals surface area contributed by atoms with Crippen molar-refractivity contribution in [3.63, 3.8) is 0 Å². The van der Waals surface area contributed by atoms with Gasteiger partial charge in [0.1, 0.15) is 11.5 Å². The first-order valence-electron chi connectivity index (χ1n) is 10.5. The maximum Gasteiger partial charge on any atom is 0.270 e. The molecule has 6 nitrogen and oxygen atoms in total. The van der Waals surface area contributed by atoms with Crippen molar-refractivity contribution in [3.8, 4) is 11.1 Å². The van der Waals surface area contributed by atoms with E-state index in [0.29, 0.717) is 11.2 Å². The first-order valence-corrected chi connectivity index (χ1v) is 11.3. The van der Waals surface area contributed by atoms with Crippen LogP contribution in [0.25, 0.3) is 22.2 Å². The molecule has 0 atom stereocenters. The van der Waals surface area contributed by atoms with Gasteiger partial charge in [-0.25, -0.2) is 9.37 Å². The number of allylic oxidation sites excluding steroid dienone is 1. The van der Waals surface area contributed by atoms with Crippen LogP contribution in [0.3, 0.4) is 0 Å². The van der Waals surface area contributed by atoms with Crippen LogP contribution in [0.2, 0.25) is 0 Å². The van der Waals surface area contributed by atoms with Gasteiger partial charge in [0.05, 0.1) is 17.6 Å². The number of aromatic nitrogens is 2. The summed E-state index contributed by atoms with van der Waals surface area (Å²) >= 11 is 1.62. The van der Waals surface area contributed by atoms with Gasteiger partial charge < -0.3 is 15.6 Å². The number of carbonyl (C=O) groups excluding carboxylic acids is 1. The number of fused-ring (bicyclic) bond motifs is 1. The summed E-state index contributed by atoms with van der Waals surface area (Å²) < 4.78 is 18.3. The summed E-state index contributed by atoms with van der Waals surface area (Å²) in [7, 11) is 3.98. The Hall–Kier alpha value is -2.68. The monoisotopic (exact) mass is 455 g/mol. The molecule has 3 aromatic rings. The summed E-state index contributed by atoms with van der Waals surface area (Å²) in [5.74, 6) is -0.540. The predicted molar refractivity (Wildman–Crippen MR) is 130 cm³/mol. The number of rotatable bonds is 8. The Kier molecular flexibility index (Phi) is 7.71. The molecule has 2 heterocycles. The summed E-state index contributed by atoms with van der Waals surface area (Å²) in [5.41, 5.74) is 10.0. The van der Waals surface area contributed by atoms with Gasteiger partial charge in [0.15, 0.2) is 0 Å². The highest BCUT2D eigenvalue weighted by Gasteiger charge is 2.20. The van der Waals surface area contributed by atoms with E-state index in [1.165, 1.54) is 6.08 Å². The maximum atomic E-state index is 14.4. The molecule has 8 heteroatoms. The third kappa shape index (κ3) is 5.38. The minimum Gasteiger partial charge on any atom is -0.349 e. The average Bonchev–Trinajstić information content (AvgIpc) is 2.98. The Balaban J connectivity index is 2.21. The number of nitrogens with one attached hydrogen (secondary N) is 1. The molecule has 3 N–H and O–H groups in total. The Labute approximate surface area is 192 Å². The second kappa shape index (κ2) is 10.3. The molecule has 0 radical (unpaired) electrons. The second-order valence-electron chi connectivity index (χ2n) is 8.06. The van der Waals surface area contributed by atoms with Gasteiger partial charge in [-0.05, 0) is 82.7 Å². The molecular weight excluding hydrogens is 425 g/mol. The number of nitrogens with two attached hydrogens (primary N) is 1. The molecule has 0 bridgehead atoms. The van der Waals surface area contributed by atoms with E-state index in [4.69, 9.17) is 10.7 Å². The van der Waals surface area contributed by atoms with E-state index in [0.717, 1.165) is 27.2 Å². The third-order valence-corrected chi connectivity index (χ3v) is 5.71. The average molecular weight is 456 g/mol. The van der Waals surface area contributed by atoms with E-state index in [1.807, 2.05) is 68.0 Å². The molecule has 0 spiro atoms. The molecule has 0 aliphatic heterocycles. The van der Waals surface area contributed by atoms with E-state index in [-0.39, 0.29) is 30.9 Å².